The number of nitrogens with zero attached hydrogens (tertiary/aromatic N) is 1. The van der Waals surface area contributed by atoms with Crippen molar-refractivity contribution in [1.82, 2.24) is 10.2 Å². The van der Waals surface area contributed by atoms with Gasteiger partial charge in [0.1, 0.15) is 11.8 Å². The summed E-state index contributed by atoms with van der Waals surface area (Å²) in [6.45, 7) is 3.12. The van der Waals surface area contributed by atoms with Crippen LogP contribution in [0.3, 0.4) is 0 Å². The molecule has 2 atom stereocenters. The Kier molecular flexibility index (Phi) is 3.34. The van der Waals surface area contributed by atoms with Gasteiger partial charge in [0.25, 0.3) is 0 Å². The molecule has 0 bridgehead atoms. The van der Waals surface area contributed by atoms with Crippen molar-refractivity contribution in [2.45, 2.75) is 25.3 Å². The Labute approximate surface area is 117 Å². The van der Waals surface area contributed by atoms with Crippen LogP contribution in [0.1, 0.15) is 24.8 Å². The fraction of sp³-hybridized carbons (Fsp3) is 0.467. The van der Waals surface area contributed by atoms with Gasteiger partial charge in [0.15, 0.2) is 0 Å². The van der Waals surface area contributed by atoms with Crippen molar-refractivity contribution in [3.63, 3.8) is 0 Å². The number of piperazine rings is 1. The Hall–Kier alpha value is -2.04. The lowest BCUT2D eigenvalue weighted by Gasteiger charge is -2.35. The van der Waals surface area contributed by atoms with Crippen LogP contribution in [-0.4, -0.2) is 42.5 Å². The molecule has 2 unspecified atom stereocenters. The Morgan fingerprint density at radius 1 is 1.35 bits per heavy atom. The SMILES string of the molecule is CC1NC(=O)CN(CC2CCOc3ccccc32)C1=O. The minimum absolute atomic E-state index is 0.00595. The van der Waals surface area contributed by atoms with Gasteiger partial charge in [-0.25, -0.2) is 0 Å². The highest BCUT2D eigenvalue weighted by atomic mass is 16.5. The van der Waals surface area contributed by atoms with Crippen molar-refractivity contribution in [3.8, 4) is 5.75 Å². The van der Waals surface area contributed by atoms with Crippen molar-refractivity contribution >= 4 is 11.8 Å². The molecule has 0 saturated carbocycles. The van der Waals surface area contributed by atoms with Crippen molar-refractivity contribution in [3.05, 3.63) is 29.8 Å². The second-order valence-electron chi connectivity index (χ2n) is 5.38. The lowest BCUT2D eigenvalue weighted by atomic mass is 9.92. The molecule has 3 rings (SSSR count). The number of rotatable bonds is 2. The summed E-state index contributed by atoms with van der Waals surface area (Å²) in [5, 5.41) is 2.66. The fourth-order valence-corrected chi connectivity index (χ4v) is 2.90. The van der Waals surface area contributed by atoms with Crippen LogP contribution >= 0.6 is 0 Å². The average molecular weight is 274 g/mol. The number of ether oxygens (including phenoxy) is 1. The molecule has 0 aromatic heterocycles. The molecule has 20 heavy (non-hydrogen) atoms. The predicted molar refractivity (Wildman–Crippen MR) is 73.5 cm³/mol. The van der Waals surface area contributed by atoms with Gasteiger partial charge in [-0.15, -0.1) is 0 Å². The van der Waals surface area contributed by atoms with Gasteiger partial charge < -0.3 is 15.0 Å². The van der Waals surface area contributed by atoms with E-state index >= 15 is 0 Å². The first-order valence-corrected chi connectivity index (χ1v) is 6.95. The molecule has 1 saturated heterocycles. The standard InChI is InChI=1S/C15H18N2O3/c1-10-15(19)17(9-14(18)16-10)8-11-6-7-20-13-5-3-2-4-12(11)13/h2-5,10-11H,6-9H2,1H3,(H,16,18). The average Bonchev–Trinajstić information content (AvgIpc) is 2.44. The van der Waals surface area contributed by atoms with Gasteiger partial charge in [0.2, 0.25) is 11.8 Å². The van der Waals surface area contributed by atoms with E-state index in [1.807, 2.05) is 24.3 Å². The topological polar surface area (TPSA) is 58.6 Å². The summed E-state index contributed by atoms with van der Waals surface area (Å²) in [6, 6.07) is 7.49. The lowest BCUT2D eigenvalue weighted by Crippen LogP contribution is -2.57. The van der Waals surface area contributed by atoms with Crippen LogP contribution in [0.4, 0.5) is 0 Å². The summed E-state index contributed by atoms with van der Waals surface area (Å²) in [5.74, 6) is 1.04. The second kappa shape index (κ2) is 5.15. The van der Waals surface area contributed by atoms with Crippen LogP contribution in [0.25, 0.3) is 0 Å². The number of carbonyl (C=O) groups excluding carboxylic acids is 2. The van der Waals surface area contributed by atoms with Crippen LogP contribution in [-0.2, 0) is 9.59 Å². The maximum absolute atomic E-state index is 12.1. The van der Waals surface area contributed by atoms with Crippen molar-refractivity contribution in [2.24, 2.45) is 0 Å². The first-order valence-electron chi connectivity index (χ1n) is 6.95. The molecule has 2 heterocycles. The van der Waals surface area contributed by atoms with Crippen LogP contribution in [0.2, 0.25) is 0 Å². The highest BCUT2D eigenvalue weighted by Gasteiger charge is 2.32. The Morgan fingerprint density at radius 3 is 3.00 bits per heavy atom. The molecule has 2 amide bonds. The van der Waals surface area contributed by atoms with Crippen molar-refractivity contribution in [1.29, 1.82) is 0 Å². The quantitative estimate of drug-likeness (QED) is 0.871. The molecule has 5 heteroatoms. The number of carbonyl (C=O) groups is 2. The molecule has 5 nitrogen and oxygen atoms in total. The number of hydrogen-bond acceptors (Lipinski definition) is 3. The van der Waals surface area contributed by atoms with Gasteiger partial charge in [-0.1, -0.05) is 18.2 Å². The molecule has 0 aliphatic carbocycles. The molecule has 1 N–H and O–H groups in total. The predicted octanol–water partition coefficient (Wildman–Crippen LogP) is 0.900. The minimum Gasteiger partial charge on any atom is -0.493 e. The zero-order valence-electron chi connectivity index (χ0n) is 11.5. The number of benzene rings is 1. The third-order valence-electron chi connectivity index (χ3n) is 3.92. The highest BCUT2D eigenvalue weighted by Crippen LogP contribution is 2.34. The lowest BCUT2D eigenvalue weighted by molar-refractivity contribution is -0.144. The van der Waals surface area contributed by atoms with E-state index in [1.54, 1.807) is 11.8 Å². The molecule has 1 fully saturated rings. The van der Waals surface area contributed by atoms with Crippen LogP contribution in [0, 0.1) is 0 Å². The van der Waals surface area contributed by atoms with Gasteiger partial charge in [0, 0.05) is 12.5 Å². The third-order valence-corrected chi connectivity index (χ3v) is 3.92. The summed E-state index contributed by atoms with van der Waals surface area (Å²) in [4.78, 5) is 25.4. The van der Waals surface area contributed by atoms with Gasteiger partial charge in [0.05, 0.1) is 13.2 Å². The van der Waals surface area contributed by atoms with Crippen molar-refractivity contribution in [2.75, 3.05) is 19.7 Å². The smallest absolute Gasteiger partial charge is 0.245 e. The Balaban J connectivity index is 1.78. The van der Waals surface area contributed by atoms with E-state index in [9.17, 15) is 9.59 Å². The van der Waals surface area contributed by atoms with Crippen LogP contribution < -0.4 is 10.1 Å². The van der Waals surface area contributed by atoms with E-state index in [-0.39, 0.29) is 24.3 Å². The molecule has 2 aliphatic rings. The van der Waals surface area contributed by atoms with Gasteiger partial charge in [-0.05, 0) is 25.0 Å². The zero-order chi connectivity index (χ0) is 14.1. The van der Waals surface area contributed by atoms with E-state index in [0.29, 0.717) is 13.2 Å². The number of para-hydroxylation sites is 1. The maximum Gasteiger partial charge on any atom is 0.245 e. The summed E-state index contributed by atoms with van der Waals surface area (Å²) >= 11 is 0. The molecule has 1 aromatic carbocycles. The Morgan fingerprint density at radius 2 is 2.15 bits per heavy atom. The van der Waals surface area contributed by atoms with Crippen molar-refractivity contribution < 1.29 is 14.3 Å². The number of fused-ring (bicyclic) bond motifs is 1. The first-order chi connectivity index (χ1) is 9.65. The van der Waals surface area contributed by atoms with Crippen LogP contribution in [0.15, 0.2) is 24.3 Å². The number of nitrogens with one attached hydrogen (secondary N) is 1. The summed E-state index contributed by atoms with van der Waals surface area (Å²) < 4.78 is 5.63. The minimum atomic E-state index is -0.425. The molecule has 1 aromatic rings. The second-order valence-corrected chi connectivity index (χ2v) is 5.38. The summed E-state index contributed by atoms with van der Waals surface area (Å²) in [7, 11) is 0. The highest BCUT2D eigenvalue weighted by molar-refractivity contribution is 5.94. The monoisotopic (exact) mass is 274 g/mol. The Bertz CT molecular complexity index is 544. The molecule has 0 radical (unpaired) electrons. The molecular formula is C15H18N2O3. The maximum atomic E-state index is 12.1. The fourth-order valence-electron chi connectivity index (χ4n) is 2.90. The zero-order valence-corrected chi connectivity index (χ0v) is 11.5. The van der Waals surface area contributed by atoms with E-state index in [4.69, 9.17) is 4.74 Å². The molecule has 2 aliphatic heterocycles. The first kappa shape index (κ1) is 13.0. The normalized spacial score (nSPS) is 25.8. The van der Waals surface area contributed by atoms with Gasteiger partial charge >= 0.3 is 0 Å². The third kappa shape index (κ3) is 2.35. The van der Waals surface area contributed by atoms with E-state index in [1.165, 1.54) is 0 Å². The van der Waals surface area contributed by atoms with Gasteiger partial charge in [-0.3, -0.25) is 9.59 Å². The molecule has 0 spiro atoms. The van der Waals surface area contributed by atoms with Gasteiger partial charge in [-0.2, -0.15) is 0 Å². The number of hydrogen-bond donors (Lipinski definition) is 1. The summed E-state index contributed by atoms with van der Waals surface area (Å²) in [5.41, 5.74) is 1.13. The van der Waals surface area contributed by atoms with Crippen LogP contribution in [0.5, 0.6) is 5.75 Å². The molecule has 106 valence electrons. The van der Waals surface area contributed by atoms with E-state index in [0.717, 1.165) is 17.7 Å². The number of amides is 2. The van der Waals surface area contributed by atoms with E-state index in [2.05, 4.69) is 5.32 Å². The summed E-state index contributed by atoms with van der Waals surface area (Å²) in [6.07, 6.45) is 0.872. The van der Waals surface area contributed by atoms with E-state index < -0.39 is 6.04 Å². The largest absolute Gasteiger partial charge is 0.493 e. The molecular weight excluding hydrogens is 256 g/mol.